The first-order chi connectivity index (χ1) is 8.98. The molecular weight excluding hydrogens is 257 g/mol. The third-order valence-corrected chi connectivity index (χ3v) is 3.20. The van der Waals surface area contributed by atoms with Gasteiger partial charge in [-0.15, -0.1) is 0 Å². The third kappa shape index (κ3) is 3.47. The largest absolute Gasteiger partial charge is 0.418 e. The van der Waals surface area contributed by atoms with Crippen LogP contribution in [0.5, 0.6) is 0 Å². The fourth-order valence-electron chi connectivity index (χ4n) is 2.16. The van der Waals surface area contributed by atoms with Gasteiger partial charge in [0.1, 0.15) is 0 Å². The molecule has 1 heterocycles. The lowest BCUT2D eigenvalue weighted by molar-refractivity contribution is -0.137. The number of piperidine rings is 1. The molecule has 6 heteroatoms. The molecule has 19 heavy (non-hydrogen) atoms. The second-order valence-corrected chi connectivity index (χ2v) is 4.56. The van der Waals surface area contributed by atoms with Crippen LogP contribution in [0.3, 0.4) is 0 Å². The van der Waals surface area contributed by atoms with E-state index in [4.69, 9.17) is 0 Å². The molecule has 104 valence electrons. The van der Waals surface area contributed by atoms with Crippen molar-refractivity contribution >= 4 is 11.6 Å². The molecule has 2 N–H and O–H groups in total. The van der Waals surface area contributed by atoms with E-state index in [2.05, 4.69) is 10.6 Å². The predicted octanol–water partition coefficient (Wildman–Crippen LogP) is 2.64. The molecule has 0 radical (unpaired) electrons. The van der Waals surface area contributed by atoms with E-state index in [1.165, 1.54) is 18.2 Å². The minimum absolute atomic E-state index is 0.168. The van der Waals surface area contributed by atoms with E-state index < -0.39 is 11.7 Å². The molecule has 1 aliphatic heterocycles. The fourth-order valence-corrected chi connectivity index (χ4v) is 2.16. The van der Waals surface area contributed by atoms with Crippen LogP contribution in [0.1, 0.15) is 18.4 Å². The molecule has 0 atom stereocenters. The Morgan fingerprint density at radius 1 is 1.21 bits per heavy atom. The molecule has 2 rings (SSSR count). The maximum Gasteiger partial charge on any atom is 0.418 e. The highest BCUT2D eigenvalue weighted by Crippen LogP contribution is 2.34. The lowest BCUT2D eigenvalue weighted by atomic mass is 9.97. The summed E-state index contributed by atoms with van der Waals surface area (Å²) >= 11 is 0. The Hall–Kier alpha value is -1.56. The molecule has 1 aromatic carbocycles. The Labute approximate surface area is 109 Å². The van der Waals surface area contributed by atoms with Crippen molar-refractivity contribution in [2.45, 2.75) is 19.0 Å². The van der Waals surface area contributed by atoms with Crippen molar-refractivity contribution in [1.29, 1.82) is 0 Å². The molecule has 1 aliphatic rings. The van der Waals surface area contributed by atoms with Crippen LogP contribution in [0.25, 0.3) is 0 Å². The molecule has 0 aliphatic carbocycles. The first-order valence-corrected chi connectivity index (χ1v) is 6.16. The van der Waals surface area contributed by atoms with Gasteiger partial charge in [-0.2, -0.15) is 13.2 Å². The highest BCUT2D eigenvalue weighted by molar-refractivity contribution is 5.93. The second kappa shape index (κ2) is 5.61. The Bertz CT molecular complexity index is 453. The first kappa shape index (κ1) is 13.9. The van der Waals surface area contributed by atoms with Crippen molar-refractivity contribution < 1.29 is 18.0 Å². The van der Waals surface area contributed by atoms with Crippen LogP contribution in [-0.4, -0.2) is 19.0 Å². The van der Waals surface area contributed by atoms with Crippen molar-refractivity contribution in [2.24, 2.45) is 5.92 Å². The van der Waals surface area contributed by atoms with Gasteiger partial charge in [-0.3, -0.25) is 4.79 Å². The van der Waals surface area contributed by atoms with Crippen LogP contribution < -0.4 is 10.6 Å². The van der Waals surface area contributed by atoms with E-state index in [0.717, 1.165) is 19.2 Å². The van der Waals surface area contributed by atoms with Crippen LogP contribution in [0.4, 0.5) is 18.9 Å². The molecule has 1 saturated heterocycles. The van der Waals surface area contributed by atoms with Crippen LogP contribution in [0, 0.1) is 5.92 Å². The Kier molecular flexibility index (Phi) is 4.09. The van der Waals surface area contributed by atoms with Gasteiger partial charge in [0, 0.05) is 5.92 Å². The number of para-hydroxylation sites is 1. The van der Waals surface area contributed by atoms with Crippen molar-refractivity contribution in [3.63, 3.8) is 0 Å². The van der Waals surface area contributed by atoms with Crippen molar-refractivity contribution in [1.82, 2.24) is 5.32 Å². The number of nitrogens with one attached hydrogen (secondary N) is 2. The summed E-state index contributed by atoms with van der Waals surface area (Å²) in [6, 6.07) is 5.04. The lowest BCUT2D eigenvalue weighted by Crippen LogP contribution is -2.35. The average molecular weight is 272 g/mol. The summed E-state index contributed by atoms with van der Waals surface area (Å²) in [7, 11) is 0. The molecular formula is C13H15F3N2O. The smallest absolute Gasteiger partial charge is 0.325 e. The predicted molar refractivity (Wildman–Crippen MR) is 65.7 cm³/mol. The van der Waals surface area contributed by atoms with E-state index >= 15 is 0 Å². The third-order valence-electron chi connectivity index (χ3n) is 3.20. The highest BCUT2D eigenvalue weighted by Gasteiger charge is 2.34. The zero-order chi connectivity index (χ0) is 13.9. The number of alkyl halides is 3. The summed E-state index contributed by atoms with van der Waals surface area (Å²) in [5.74, 6) is -0.555. The van der Waals surface area contributed by atoms with Crippen molar-refractivity contribution in [3.8, 4) is 0 Å². The summed E-state index contributed by atoms with van der Waals surface area (Å²) in [5.41, 5.74) is -0.976. The van der Waals surface area contributed by atoms with Crippen molar-refractivity contribution in [3.05, 3.63) is 29.8 Å². The van der Waals surface area contributed by atoms with Gasteiger partial charge < -0.3 is 10.6 Å². The number of rotatable bonds is 2. The maximum absolute atomic E-state index is 12.8. The zero-order valence-corrected chi connectivity index (χ0v) is 10.3. The fraction of sp³-hybridized carbons (Fsp3) is 0.462. The highest BCUT2D eigenvalue weighted by atomic mass is 19.4. The molecule has 3 nitrogen and oxygen atoms in total. The number of carbonyl (C=O) groups excluding carboxylic acids is 1. The number of halogens is 3. The van der Waals surface area contributed by atoms with E-state index in [1.807, 2.05) is 0 Å². The minimum atomic E-state index is -4.46. The summed E-state index contributed by atoms with van der Waals surface area (Å²) < 4.78 is 38.3. The Balaban J connectivity index is 2.12. The molecule has 1 amide bonds. The molecule has 0 unspecified atom stereocenters. The van der Waals surface area contributed by atoms with Gasteiger partial charge >= 0.3 is 6.18 Å². The Morgan fingerprint density at radius 3 is 2.47 bits per heavy atom. The number of anilines is 1. The van der Waals surface area contributed by atoms with Gasteiger partial charge in [0.25, 0.3) is 0 Å². The van der Waals surface area contributed by atoms with Crippen LogP contribution >= 0.6 is 0 Å². The minimum Gasteiger partial charge on any atom is -0.325 e. The Morgan fingerprint density at radius 2 is 1.84 bits per heavy atom. The number of carbonyl (C=O) groups is 1. The number of amides is 1. The van der Waals surface area contributed by atoms with Crippen LogP contribution in [-0.2, 0) is 11.0 Å². The van der Waals surface area contributed by atoms with E-state index in [9.17, 15) is 18.0 Å². The average Bonchev–Trinajstić information content (AvgIpc) is 2.39. The molecule has 1 aromatic rings. The van der Waals surface area contributed by atoms with Crippen LogP contribution in [0.2, 0.25) is 0 Å². The van der Waals surface area contributed by atoms with E-state index in [-0.39, 0.29) is 17.5 Å². The topological polar surface area (TPSA) is 41.1 Å². The first-order valence-electron chi connectivity index (χ1n) is 6.16. The van der Waals surface area contributed by atoms with Gasteiger partial charge in [-0.05, 0) is 38.1 Å². The van der Waals surface area contributed by atoms with Gasteiger partial charge in [-0.1, -0.05) is 12.1 Å². The monoisotopic (exact) mass is 272 g/mol. The van der Waals surface area contributed by atoms with E-state index in [1.54, 1.807) is 0 Å². The molecule has 0 saturated carbocycles. The quantitative estimate of drug-likeness (QED) is 0.869. The summed E-state index contributed by atoms with van der Waals surface area (Å²) in [5, 5.41) is 5.51. The summed E-state index contributed by atoms with van der Waals surface area (Å²) in [6.07, 6.45) is -3.15. The van der Waals surface area contributed by atoms with Gasteiger partial charge in [0.2, 0.25) is 5.91 Å². The normalized spacial score (nSPS) is 17.2. The van der Waals surface area contributed by atoms with Crippen molar-refractivity contribution in [2.75, 3.05) is 18.4 Å². The number of hydrogen-bond donors (Lipinski definition) is 2. The zero-order valence-electron chi connectivity index (χ0n) is 10.3. The molecule has 0 aromatic heterocycles. The maximum atomic E-state index is 12.8. The van der Waals surface area contributed by atoms with Crippen LogP contribution in [0.15, 0.2) is 24.3 Å². The standard InChI is InChI=1S/C13H15F3N2O/c14-13(15,16)10-3-1-2-4-11(10)18-12(19)9-5-7-17-8-6-9/h1-4,9,17H,5-8H2,(H,18,19). The van der Waals surface area contributed by atoms with E-state index in [0.29, 0.717) is 12.8 Å². The molecule has 0 spiro atoms. The summed E-state index contributed by atoms with van der Waals surface area (Å²) in [4.78, 5) is 11.9. The van der Waals surface area contributed by atoms with Gasteiger partial charge in [-0.25, -0.2) is 0 Å². The number of benzene rings is 1. The number of hydrogen-bond acceptors (Lipinski definition) is 2. The molecule has 0 bridgehead atoms. The lowest BCUT2D eigenvalue weighted by Gasteiger charge is -2.22. The van der Waals surface area contributed by atoms with Gasteiger partial charge in [0.15, 0.2) is 0 Å². The molecule has 1 fully saturated rings. The SMILES string of the molecule is O=C(Nc1ccccc1C(F)(F)F)C1CCNCC1. The van der Waals surface area contributed by atoms with Gasteiger partial charge in [0.05, 0.1) is 11.3 Å². The summed E-state index contributed by atoms with van der Waals surface area (Å²) in [6.45, 7) is 1.44. The second-order valence-electron chi connectivity index (χ2n) is 4.56.